The van der Waals surface area contributed by atoms with E-state index >= 15 is 0 Å². The van der Waals surface area contributed by atoms with E-state index < -0.39 is 0 Å². The quantitative estimate of drug-likeness (QED) is 0.939. The monoisotopic (exact) mass is 291 g/mol. The average molecular weight is 292 g/mol. The van der Waals surface area contributed by atoms with Crippen LogP contribution < -0.4 is 5.32 Å². The molecule has 2 unspecified atom stereocenters. The molecular formula is C15H18ClN3O. The van der Waals surface area contributed by atoms with Crippen LogP contribution in [0.2, 0.25) is 5.02 Å². The van der Waals surface area contributed by atoms with Crippen molar-refractivity contribution in [3.8, 4) is 5.69 Å². The maximum atomic E-state index is 6.34. The molecule has 0 bridgehead atoms. The number of rotatable bonds is 4. The van der Waals surface area contributed by atoms with E-state index in [0.29, 0.717) is 17.0 Å². The number of para-hydroxylation sites is 1. The van der Waals surface area contributed by atoms with E-state index in [1.54, 1.807) is 10.9 Å². The first kappa shape index (κ1) is 13.5. The topological polar surface area (TPSA) is 39.1 Å². The number of ether oxygens (including phenoxy) is 1. The minimum Gasteiger partial charge on any atom is -0.381 e. The van der Waals surface area contributed by atoms with Crippen LogP contribution >= 0.6 is 11.6 Å². The van der Waals surface area contributed by atoms with Crippen LogP contribution in [0.25, 0.3) is 5.69 Å². The molecule has 2 aromatic rings. The Morgan fingerprint density at radius 2 is 2.35 bits per heavy atom. The van der Waals surface area contributed by atoms with Crippen molar-refractivity contribution in [3.05, 3.63) is 41.7 Å². The van der Waals surface area contributed by atoms with E-state index in [2.05, 4.69) is 17.3 Å². The molecule has 1 aliphatic heterocycles. The number of anilines is 1. The summed E-state index contributed by atoms with van der Waals surface area (Å²) in [5.74, 6) is 0.541. The van der Waals surface area contributed by atoms with Gasteiger partial charge in [-0.15, -0.1) is 0 Å². The molecule has 1 fully saturated rings. The van der Waals surface area contributed by atoms with Gasteiger partial charge in [-0.1, -0.05) is 17.7 Å². The predicted molar refractivity (Wildman–Crippen MR) is 80.6 cm³/mol. The van der Waals surface area contributed by atoms with Gasteiger partial charge >= 0.3 is 0 Å². The summed E-state index contributed by atoms with van der Waals surface area (Å²) < 4.78 is 7.25. The Kier molecular flexibility index (Phi) is 3.94. The summed E-state index contributed by atoms with van der Waals surface area (Å²) in [7, 11) is 0. The third-order valence-corrected chi connectivity index (χ3v) is 4.08. The Bertz CT molecular complexity index is 565. The first-order valence-corrected chi connectivity index (χ1v) is 7.26. The van der Waals surface area contributed by atoms with Crippen molar-refractivity contribution in [2.45, 2.75) is 19.4 Å². The summed E-state index contributed by atoms with van der Waals surface area (Å²) in [4.78, 5) is 0. The standard InChI is InChI=1S/C15H18ClN3O/c1-11(12-6-9-20-10-12)18-14-5-2-4-13(16)15(14)19-8-3-7-17-19/h2-5,7-8,11-12,18H,6,9-10H2,1H3. The lowest BCUT2D eigenvalue weighted by Crippen LogP contribution is -2.26. The van der Waals surface area contributed by atoms with E-state index in [-0.39, 0.29) is 0 Å². The number of nitrogens with zero attached hydrogens (tertiary/aromatic N) is 2. The molecule has 0 aliphatic carbocycles. The third-order valence-electron chi connectivity index (χ3n) is 3.78. The third kappa shape index (κ3) is 2.67. The van der Waals surface area contributed by atoms with Gasteiger partial charge in [-0.05, 0) is 31.5 Å². The summed E-state index contributed by atoms with van der Waals surface area (Å²) in [5.41, 5.74) is 1.89. The summed E-state index contributed by atoms with van der Waals surface area (Å²) >= 11 is 6.34. The van der Waals surface area contributed by atoms with Crippen LogP contribution in [-0.4, -0.2) is 29.0 Å². The molecule has 1 N–H and O–H groups in total. The molecule has 2 atom stereocenters. The van der Waals surface area contributed by atoms with E-state index in [9.17, 15) is 0 Å². The molecule has 1 saturated heterocycles. The molecular weight excluding hydrogens is 274 g/mol. The summed E-state index contributed by atoms with van der Waals surface area (Å²) in [6.45, 7) is 3.87. The number of hydrogen-bond acceptors (Lipinski definition) is 3. The number of hydrogen-bond donors (Lipinski definition) is 1. The van der Waals surface area contributed by atoms with Gasteiger partial charge in [0.25, 0.3) is 0 Å². The van der Waals surface area contributed by atoms with Gasteiger partial charge in [0.15, 0.2) is 0 Å². The van der Waals surface area contributed by atoms with Crippen LogP contribution in [0.1, 0.15) is 13.3 Å². The first-order chi connectivity index (χ1) is 9.75. The SMILES string of the molecule is CC(Nc1cccc(Cl)c1-n1cccn1)C1CCOC1. The Hall–Kier alpha value is -1.52. The molecule has 2 heterocycles. The van der Waals surface area contributed by atoms with Gasteiger partial charge in [-0.25, -0.2) is 4.68 Å². The van der Waals surface area contributed by atoms with Gasteiger partial charge < -0.3 is 10.1 Å². The second-order valence-corrected chi connectivity index (χ2v) is 5.55. The highest BCUT2D eigenvalue weighted by Gasteiger charge is 2.23. The Balaban J connectivity index is 1.87. The molecule has 1 aliphatic rings. The van der Waals surface area contributed by atoms with Crippen LogP contribution in [0.3, 0.4) is 0 Å². The number of benzene rings is 1. The highest BCUT2D eigenvalue weighted by atomic mass is 35.5. The van der Waals surface area contributed by atoms with Gasteiger partial charge in [0.05, 0.1) is 17.3 Å². The van der Waals surface area contributed by atoms with Crippen LogP contribution in [0.5, 0.6) is 0 Å². The summed E-state index contributed by atoms with van der Waals surface area (Å²) in [6, 6.07) is 8.10. The highest BCUT2D eigenvalue weighted by molar-refractivity contribution is 6.33. The molecule has 106 valence electrons. The van der Waals surface area contributed by atoms with Crippen molar-refractivity contribution >= 4 is 17.3 Å². The van der Waals surface area contributed by atoms with E-state index in [4.69, 9.17) is 16.3 Å². The minimum absolute atomic E-state index is 0.338. The first-order valence-electron chi connectivity index (χ1n) is 6.88. The normalized spacial score (nSPS) is 20.0. The van der Waals surface area contributed by atoms with Crippen LogP contribution in [0.15, 0.2) is 36.7 Å². The van der Waals surface area contributed by atoms with Crippen LogP contribution in [0.4, 0.5) is 5.69 Å². The fraction of sp³-hybridized carbons (Fsp3) is 0.400. The van der Waals surface area contributed by atoms with E-state index in [0.717, 1.165) is 31.0 Å². The largest absolute Gasteiger partial charge is 0.381 e. The van der Waals surface area contributed by atoms with Crippen molar-refractivity contribution < 1.29 is 4.74 Å². The van der Waals surface area contributed by atoms with Crippen LogP contribution in [-0.2, 0) is 4.74 Å². The van der Waals surface area contributed by atoms with Gasteiger partial charge in [0, 0.05) is 31.0 Å². The van der Waals surface area contributed by atoms with Crippen LogP contribution in [0, 0.1) is 5.92 Å². The maximum Gasteiger partial charge on any atom is 0.106 e. The van der Waals surface area contributed by atoms with Crippen molar-refractivity contribution in [1.82, 2.24) is 9.78 Å². The summed E-state index contributed by atoms with van der Waals surface area (Å²) in [6.07, 6.45) is 4.75. The lowest BCUT2D eigenvalue weighted by Gasteiger charge is -2.22. The van der Waals surface area contributed by atoms with E-state index in [1.165, 1.54) is 0 Å². The van der Waals surface area contributed by atoms with Crippen molar-refractivity contribution in [2.24, 2.45) is 5.92 Å². The van der Waals surface area contributed by atoms with Crippen molar-refractivity contribution in [3.63, 3.8) is 0 Å². The molecule has 1 aromatic heterocycles. The van der Waals surface area contributed by atoms with Gasteiger partial charge in [-0.3, -0.25) is 0 Å². The number of halogens is 1. The maximum absolute atomic E-state index is 6.34. The molecule has 3 rings (SSSR count). The molecule has 20 heavy (non-hydrogen) atoms. The molecule has 4 nitrogen and oxygen atoms in total. The Morgan fingerprint density at radius 1 is 1.45 bits per heavy atom. The minimum atomic E-state index is 0.338. The highest BCUT2D eigenvalue weighted by Crippen LogP contribution is 2.30. The Morgan fingerprint density at radius 3 is 3.05 bits per heavy atom. The zero-order valence-electron chi connectivity index (χ0n) is 11.4. The average Bonchev–Trinajstić information content (AvgIpc) is 3.12. The second kappa shape index (κ2) is 5.85. The zero-order valence-corrected chi connectivity index (χ0v) is 12.2. The van der Waals surface area contributed by atoms with Gasteiger partial charge in [-0.2, -0.15) is 5.10 Å². The number of aromatic nitrogens is 2. The Labute approximate surface area is 123 Å². The lowest BCUT2D eigenvalue weighted by molar-refractivity contribution is 0.183. The fourth-order valence-electron chi connectivity index (χ4n) is 2.58. The van der Waals surface area contributed by atoms with Crippen molar-refractivity contribution in [2.75, 3.05) is 18.5 Å². The van der Waals surface area contributed by atoms with Crippen molar-refractivity contribution in [1.29, 1.82) is 0 Å². The summed E-state index contributed by atoms with van der Waals surface area (Å²) in [5, 5.41) is 8.53. The molecule has 0 amide bonds. The molecule has 0 spiro atoms. The van der Waals surface area contributed by atoms with Gasteiger partial charge in [0.2, 0.25) is 0 Å². The zero-order chi connectivity index (χ0) is 13.9. The lowest BCUT2D eigenvalue weighted by atomic mass is 10.0. The second-order valence-electron chi connectivity index (χ2n) is 5.14. The molecule has 0 saturated carbocycles. The smallest absolute Gasteiger partial charge is 0.106 e. The molecule has 0 radical (unpaired) electrons. The van der Waals surface area contributed by atoms with Gasteiger partial charge in [0.1, 0.15) is 5.69 Å². The molecule has 1 aromatic carbocycles. The molecule has 5 heteroatoms. The van der Waals surface area contributed by atoms with E-state index in [1.807, 2.05) is 30.5 Å². The number of nitrogens with one attached hydrogen (secondary N) is 1. The predicted octanol–water partition coefficient (Wildman–Crippen LogP) is 3.36. The fourth-order valence-corrected chi connectivity index (χ4v) is 2.84.